The zero-order valence-electron chi connectivity index (χ0n) is 19.5. The monoisotopic (exact) mass is 383 g/mol. The molecular formula is C24H51N2O+. The molecule has 1 N–H and O–H groups in total. The number of unbranched alkanes of at least 4 members (excludes halogenated alkanes) is 9. The first-order valence-corrected chi connectivity index (χ1v) is 12.0. The Bertz CT molecular complexity index is 341. The smallest absolute Gasteiger partial charge is 0.219 e. The summed E-state index contributed by atoms with van der Waals surface area (Å²) in [6.45, 7) is 10.00. The molecule has 0 spiro atoms. The van der Waals surface area contributed by atoms with E-state index >= 15 is 0 Å². The normalized spacial score (nSPS) is 12.9. The molecule has 3 nitrogen and oxygen atoms in total. The van der Waals surface area contributed by atoms with Crippen LogP contribution in [-0.4, -0.2) is 44.1 Å². The van der Waals surface area contributed by atoms with Crippen molar-refractivity contribution in [3.05, 3.63) is 0 Å². The standard InChI is InChI=1S/C24H50N2O/c1-6-23(3)19-16-14-12-10-8-9-11-13-15-17-20-24(27)25-21-18-22-26(4,5)7-2/h23H,6-22H2,1-5H3/p+1. The first-order chi connectivity index (χ1) is 12.9. The van der Waals surface area contributed by atoms with Gasteiger partial charge >= 0.3 is 0 Å². The molecule has 1 unspecified atom stereocenters. The maximum atomic E-state index is 11.8. The number of hydrogen-bond donors (Lipinski definition) is 1. The molecule has 1 atom stereocenters. The lowest BCUT2D eigenvalue weighted by Gasteiger charge is -2.28. The highest BCUT2D eigenvalue weighted by Crippen LogP contribution is 2.15. The van der Waals surface area contributed by atoms with Crippen molar-refractivity contribution in [2.24, 2.45) is 5.92 Å². The molecule has 0 saturated heterocycles. The summed E-state index contributed by atoms with van der Waals surface area (Å²) in [6, 6.07) is 0. The van der Waals surface area contributed by atoms with Crippen molar-refractivity contribution in [3.63, 3.8) is 0 Å². The van der Waals surface area contributed by atoms with Gasteiger partial charge in [0.15, 0.2) is 0 Å². The lowest BCUT2D eigenvalue weighted by molar-refractivity contribution is -0.888. The first-order valence-electron chi connectivity index (χ1n) is 12.0. The zero-order chi connectivity index (χ0) is 20.4. The summed E-state index contributed by atoms with van der Waals surface area (Å²) in [6.07, 6.45) is 17.9. The molecule has 1 amide bonds. The van der Waals surface area contributed by atoms with E-state index in [9.17, 15) is 4.79 Å². The molecule has 0 aliphatic carbocycles. The maximum Gasteiger partial charge on any atom is 0.219 e. The van der Waals surface area contributed by atoms with E-state index in [1.54, 1.807) is 0 Å². The van der Waals surface area contributed by atoms with Gasteiger partial charge in [0.25, 0.3) is 0 Å². The second kappa shape index (κ2) is 17.5. The minimum absolute atomic E-state index is 0.245. The van der Waals surface area contributed by atoms with Gasteiger partial charge in [0.2, 0.25) is 5.91 Å². The van der Waals surface area contributed by atoms with Gasteiger partial charge in [0.1, 0.15) is 0 Å². The Morgan fingerprint density at radius 3 is 1.85 bits per heavy atom. The van der Waals surface area contributed by atoms with Crippen LogP contribution in [0, 0.1) is 5.92 Å². The molecule has 162 valence electrons. The van der Waals surface area contributed by atoms with Crippen LogP contribution in [0.5, 0.6) is 0 Å². The minimum atomic E-state index is 0.245. The fraction of sp³-hybridized carbons (Fsp3) is 0.958. The lowest BCUT2D eigenvalue weighted by atomic mass is 9.99. The van der Waals surface area contributed by atoms with Crippen LogP contribution in [-0.2, 0) is 4.79 Å². The Hall–Kier alpha value is -0.570. The Labute approximate surface area is 171 Å². The molecule has 3 heteroatoms. The van der Waals surface area contributed by atoms with Gasteiger partial charge in [0, 0.05) is 19.4 Å². The van der Waals surface area contributed by atoms with Gasteiger partial charge in [-0.05, 0) is 19.3 Å². The van der Waals surface area contributed by atoms with Crippen molar-refractivity contribution >= 4 is 5.91 Å². The van der Waals surface area contributed by atoms with Crippen molar-refractivity contribution in [1.82, 2.24) is 5.32 Å². The molecule has 0 bridgehead atoms. The van der Waals surface area contributed by atoms with Gasteiger partial charge in [-0.3, -0.25) is 4.79 Å². The van der Waals surface area contributed by atoms with E-state index in [4.69, 9.17) is 0 Å². The first kappa shape index (κ1) is 26.4. The number of carbonyl (C=O) groups is 1. The molecule has 0 rings (SSSR count). The molecule has 0 fully saturated rings. The van der Waals surface area contributed by atoms with Crippen LogP contribution in [0.3, 0.4) is 0 Å². The second-order valence-electron chi connectivity index (χ2n) is 9.27. The molecule has 0 aromatic carbocycles. The Morgan fingerprint density at radius 1 is 0.815 bits per heavy atom. The number of carbonyl (C=O) groups excluding carboxylic acids is 1. The fourth-order valence-corrected chi connectivity index (χ4v) is 3.38. The second-order valence-corrected chi connectivity index (χ2v) is 9.27. The van der Waals surface area contributed by atoms with E-state index in [0.29, 0.717) is 6.42 Å². The van der Waals surface area contributed by atoms with Crippen molar-refractivity contribution in [2.75, 3.05) is 33.7 Å². The van der Waals surface area contributed by atoms with E-state index in [2.05, 4.69) is 40.2 Å². The Balaban J connectivity index is 3.27. The van der Waals surface area contributed by atoms with Crippen molar-refractivity contribution in [1.29, 1.82) is 0 Å². The molecular weight excluding hydrogens is 332 g/mol. The average Bonchev–Trinajstić information content (AvgIpc) is 2.65. The van der Waals surface area contributed by atoms with Crippen LogP contribution < -0.4 is 5.32 Å². The molecule has 0 heterocycles. The highest BCUT2D eigenvalue weighted by atomic mass is 16.1. The van der Waals surface area contributed by atoms with Gasteiger partial charge in [-0.25, -0.2) is 0 Å². The minimum Gasteiger partial charge on any atom is -0.356 e. The Kier molecular flexibility index (Phi) is 17.2. The lowest BCUT2D eigenvalue weighted by Crippen LogP contribution is -2.41. The molecule has 0 saturated carbocycles. The predicted molar refractivity (Wildman–Crippen MR) is 120 cm³/mol. The van der Waals surface area contributed by atoms with E-state index in [1.165, 1.54) is 70.6 Å². The summed E-state index contributed by atoms with van der Waals surface area (Å²) in [5.41, 5.74) is 0. The number of rotatable bonds is 19. The number of quaternary nitrogens is 1. The number of nitrogens with zero attached hydrogens (tertiary/aromatic N) is 1. The van der Waals surface area contributed by atoms with E-state index < -0.39 is 0 Å². The third-order valence-corrected chi connectivity index (χ3v) is 6.17. The van der Waals surface area contributed by atoms with E-state index in [1.807, 2.05) is 0 Å². The van der Waals surface area contributed by atoms with Crippen molar-refractivity contribution in [3.8, 4) is 0 Å². The molecule has 27 heavy (non-hydrogen) atoms. The fourth-order valence-electron chi connectivity index (χ4n) is 3.38. The molecule has 0 aromatic heterocycles. The summed E-state index contributed by atoms with van der Waals surface area (Å²) in [7, 11) is 4.49. The average molecular weight is 384 g/mol. The van der Waals surface area contributed by atoms with Crippen LogP contribution in [0.25, 0.3) is 0 Å². The highest BCUT2D eigenvalue weighted by molar-refractivity contribution is 5.75. The van der Waals surface area contributed by atoms with Crippen LogP contribution >= 0.6 is 0 Å². The summed E-state index contributed by atoms with van der Waals surface area (Å²) in [4.78, 5) is 11.8. The quantitative estimate of drug-likeness (QED) is 0.205. The third kappa shape index (κ3) is 18.6. The van der Waals surface area contributed by atoms with Gasteiger partial charge in [0.05, 0.1) is 27.2 Å². The summed E-state index contributed by atoms with van der Waals surface area (Å²) >= 11 is 0. The summed E-state index contributed by atoms with van der Waals surface area (Å²) in [5, 5.41) is 3.08. The highest BCUT2D eigenvalue weighted by Gasteiger charge is 2.10. The number of amides is 1. The van der Waals surface area contributed by atoms with Crippen molar-refractivity contribution < 1.29 is 9.28 Å². The van der Waals surface area contributed by atoms with Gasteiger partial charge < -0.3 is 9.80 Å². The van der Waals surface area contributed by atoms with Crippen LogP contribution in [0.1, 0.15) is 111 Å². The van der Waals surface area contributed by atoms with E-state index in [-0.39, 0.29) is 5.91 Å². The topological polar surface area (TPSA) is 29.1 Å². The molecule has 0 aromatic rings. The van der Waals surface area contributed by atoms with Gasteiger partial charge in [-0.1, -0.05) is 84.5 Å². The largest absolute Gasteiger partial charge is 0.356 e. The molecule has 0 aliphatic rings. The zero-order valence-corrected chi connectivity index (χ0v) is 19.5. The van der Waals surface area contributed by atoms with Gasteiger partial charge in [-0.15, -0.1) is 0 Å². The van der Waals surface area contributed by atoms with Gasteiger partial charge in [-0.2, -0.15) is 0 Å². The predicted octanol–water partition coefficient (Wildman–Crippen LogP) is 6.32. The van der Waals surface area contributed by atoms with Crippen LogP contribution in [0.2, 0.25) is 0 Å². The summed E-state index contributed by atoms with van der Waals surface area (Å²) < 4.78 is 1.04. The van der Waals surface area contributed by atoms with Crippen LogP contribution in [0.15, 0.2) is 0 Å². The SMILES string of the molecule is CCC(C)CCCCCCCCCCCCC(=O)NCCC[N+](C)(C)CC. The third-order valence-electron chi connectivity index (χ3n) is 6.17. The van der Waals surface area contributed by atoms with Crippen molar-refractivity contribution in [2.45, 2.75) is 111 Å². The summed E-state index contributed by atoms with van der Waals surface area (Å²) in [5.74, 6) is 1.16. The Morgan fingerprint density at radius 2 is 1.33 bits per heavy atom. The molecule has 0 aliphatic heterocycles. The maximum absolute atomic E-state index is 11.8. The number of hydrogen-bond acceptors (Lipinski definition) is 1. The van der Waals surface area contributed by atoms with Crippen LogP contribution in [0.4, 0.5) is 0 Å². The molecule has 0 radical (unpaired) electrons. The number of nitrogens with one attached hydrogen (secondary N) is 1. The van der Waals surface area contributed by atoms with E-state index in [0.717, 1.165) is 42.9 Å².